The summed E-state index contributed by atoms with van der Waals surface area (Å²) in [6, 6.07) is 7.98. The first-order valence-electron chi connectivity index (χ1n) is 12.7. The molecule has 1 aromatic heterocycles. The SMILES string of the molecule is O=C(OC1CN(C(=O)[C@H]2C[C@H](c3c(-c4ccc(F)cc4)[nH]c4c(F)cc(F)cc43)C2)C1)C1CCOCC1. The van der Waals surface area contributed by atoms with Crippen LogP contribution < -0.4 is 0 Å². The number of fused-ring (bicyclic) bond motifs is 1. The topological polar surface area (TPSA) is 71.6 Å². The Kier molecular flexibility index (Phi) is 6.18. The van der Waals surface area contributed by atoms with E-state index < -0.39 is 11.6 Å². The second kappa shape index (κ2) is 9.52. The number of H-pyrrole nitrogens is 1. The zero-order valence-corrected chi connectivity index (χ0v) is 20.1. The zero-order chi connectivity index (χ0) is 25.7. The average Bonchev–Trinajstić information content (AvgIpc) is 3.20. The molecule has 0 atom stereocenters. The molecule has 6 rings (SSSR count). The highest BCUT2D eigenvalue weighted by Gasteiger charge is 2.44. The van der Waals surface area contributed by atoms with E-state index in [2.05, 4.69) is 4.98 Å². The maximum atomic E-state index is 14.6. The third-order valence-electron chi connectivity index (χ3n) is 7.89. The Labute approximate surface area is 211 Å². The number of nitrogens with zero attached hydrogens (tertiary/aromatic N) is 1. The molecule has 2 saturated heterocycles. The largest absolute Gasteiger partial charge is 0.458 e. The third kappa shape index (κ3) is 4.50. The molecule has 3 aliphatic rings. The fraction of sp³-hybridized carbons (Fsp3) is 0.429. The van der Waals surface area contributed by atoms with E-state index in [-0.39, 0.29) is 47.1 Å². The highest BCUT2D eigenvalue weighted by Crippen LogP contribution is 2.49. The number of benzene rings is 2. The number of esters is 1. The smallest absolute Gasteiger partial charge is 0.309 e. The van der Waals surface area contributed by atoms with Crippen LogP contribution in [0, 0.1) is 29.3 Å². The molecule has 3 aromatic rings. The minimum absolute atomic E-state index is 0.00940. The molecule has 194 valence electrons. The molecule has 6 nitrogen and oxygen atoms in total. The van der Waals surface area contributed by atoms with Gasteiger partial charge >= 0.3 is 5.97 Å². The first kappa shape index (κ1) is 24.0. The molecule has 0 spiro atoms. The van der Waals surface area contributed by atoms with Crippen molar-refractivity contribution in [3.05, 3.63) is 59.4 Å². The van der Waals surface area contributed by atoms with Crippen molar-refractivity contribution in [1.29, 1.82) is 0 Å². The van der Waals surface area contributed by atoms with Crippen LogP contribution in [-0.4, -0.2) is 54.2 Å². The fourth-order valence-corrected chi connectivity index (χ4v) is 5.71. The van der Waals surface area contributed by atoms with Gasteiger partial charge in [0.05, 0.1) is 30.2 Å². The number of nitrogens with one attached hydrogen (secondary N) is 1. The molecule has 3 fully saturated rings. The minimum Gasteiger partial charge on any atom is -0.458 e. The summed E-state index contributed by atoms with van der Waals surface area (Å²) < 4.78 is 53.1. The van der Waals surface area contributed by atoms with E-state index in [0.29, 0.717) is 68.6 Å². The van der Waals surface area contributed by atoms with Gasteiger partial charge in [-0.1, -0.05) is 0 Å². The van der Waals surface area contributed by atoms with Crippen molar-refractivity contribution in [1.82, 2.24) is 9.88 Å². The van der Waals surface area contributed by atoms with Crippen molar-refractivity contribution >= 4 is 22.8 Å². The minimum atomic E-state index is -0.696. The van der Waals surface area contributed by atoms with E-state index in [1.54, 1.807) is 17.0 Å². The van der Waals surface area contributed by atoms with Crippen molar-refractivity contribution in [2.24, 2.45) is 11.8 Å². The van der Waals surface area contributed by atoms with E-state index in [0.717, 1.165) is 11.6 Å². The number of ether oxygens (including phenoxy) is 2. The molecule has 37 heavy (non-hydrogen) atoms. The van der Waals surface area contributed by atoms with E-state index in [1.807, 2.05) is 0 Å². The van der Waals surface area contributed by atoms with Gasteiger partial charge in [-0.2, -0.15) is 0 Å². The molecule has 2 aromatic carbocycles. The van der Waals surface area contributed by atoms with Gasteiger partial charge in [0.15, 0.2) is 0 Å². The molecular formula is C28H27F3N2O4. The summed E-state index contributed by atoms with van der Waals surface area (Å²) >= 11 is 0. The first-order valence-corrected chi connectivity index (χ1v) is 12.7. The van der Waals surface area contributed by atoms with Crippen LogP contribution >= 0.6 is 0 Å². The summed E-state index contributed by atoms with van der Waals surface area (Å²) in [7, 11) is 0. The van der Waals surface area contributed by atoms with Gasteiger partial charge in [-0.25, -0.2) is 13.2 Å². The Morgan fingerprint density at radius 1 is 0.946 bits per heavy atom. The molecule has 1 N–H and O–H groups in total. The number of carbonyl (C=O) groups is 2. The summed E-state index contributed by atoms with van der Waals surface area (Å²) in [5, 5.41) is 0.441. The van der Waals surface area contributed by atoms with Gasteiger partial charge in [0, 0.05) is 30.6 Å². The molecule has 2 aliphatic heterocycles. The van der Waals surface area contributed by atoms with Gasteiger partial charge in [0.1, 0.15) is 23.6 Å². The third-order valence-corrected chi connectivity index (χ3v) is 7.89. The van der Waals surface area contributed by atoms with E-state index in [1.165, 1.54) is 18.2 Å². The summed E-state index contributed by atoms with van der Waals surface area (Å²) in [6.45, 7) is 1.91. The predicted octanol–water partition coefficient (Wildman–Crippen LogP) is 4.93. The van der Waals surface area contributed by atoms with Crippen LogP contribution in [0.4, 0.5) is 13.2 Å². The normalized spacial score (nSPS) is 22.5. The molecule has 0 unspecified atom stereocenters. The number of amides is 1. The van der Waals surface area contributed by atoms with Crippen LogP contribution in [-0.2, 0) is 19.1 Å². The lowest BCUT2D eigenvalue weighted by atomic mass is 9.69. The number of rotatable bonds is 5. The number of hydrogen-bond donors (Lipinski definition) is 1. The molecule has 1 amide bonds. The number of carbonyl (C=O) groups excluding carboxylic acids is 2. The predicted molar refractivity (Wildman–Crippen MR) is 129 cm³/mol. The van der Waals surface area contributed by atoms with E-state index in [4.69, 9.17) is 9.47 Å². The van der Waals surface area contributed by atoms with Crippen LogP contribution in [0.5, 0.6) is 0 Å². The highest BCUT2D eigenvalue weighted by molar-refractivity contribution is 5.92. The van der Waals surface area contributed by atoms with Crippen molar-refractivity contribution in [2.75, 3.05) is 26.3 Å². The van der Waals surface area contributed by atoms with Gasteiger partial charge in [-0.05, 0) is 73.1 Å². The van der Waals surface area contributed by atoms with E-state index >= 15 is 0 Å². The lowest BCUT2D eigenvalue weighted by molar-refractivity contribution is -0.172. The summed E-state index contributed by atoms with van der Waals surface area (Å²) in [5.41, 5.74) is 2.22. The molecule has 1 saturated carbocycles. The molecule has 0 bridgehead atoms. The van der Waals surface area contributed by atoms with Gasteiger partial charge in [0.2, 0.25) is 5.91 Å². The van der Waals surface area contributed by atoms with Gasteiger partial charge in [-0.3, -0.25) is 9.59 Å². The molecule has 1 aliphatic carbocycles. The standard InChI is InChI=1S/C28H27F3N2O4/c29-19-3-1-15(2-4-19)25-24(22-11-20(30)12-23(31)26(22)32-25)17-9-18(10-17)27(34)33-13-21(14-33)37-28(35)16-5-7-36-8-6-16/h1-4,11-12,16-18,21,32H,5-10,13-14H2/t17-,18-. The number of halogens is 3. The maximum absolute atomic E-state index is 14.6. The monoisotopic (exact) mass is 512 g/mol. The molecule has 0 radical (unpaired) electrons. The molecular weight excluding hydrogens is 485 g/mol. The second-order valence-electron chi connectivity index (χ2n) is 10.3. The average molecular weight is 513 g/mol. The fourth-order valence-electron chi connectivity index (χ4n) is 5.71. The Morgan fingerprint density at radius 2 is 1.65 bits per heavy atom. The van der Waals surface area contributed by atoms with Crippen molar-refractivity contribution in [3.8, 4) is 11.3 Å². The maximum Gasteiger partial charge on any atom is 0.309 e. The zero-order valence-electron chi connectivity index (χ0n) is 20.1. The van der Waals surface area contributed by atoms with Crippen molar-refractivity contribution < 1.29 is 32.2 Å². The summed E-state index contributed by atoms with van der Waals surface area (Å²) in [6.07, 6.45) is 2.14. The van der Waals surface area contributed by atoms with Gasteiger partial charge < -0.3 is 19.4 Å². The quantitative estimate of drug-likeness (QED) is 0.493. The Bertz CT molecular complexity index is 1340. The second-order valence-corrected chi connectivity index (χ2v) is 10.3. The van der Waals surface area contributed by atoms with Crippen LogP contribution in [0.2, 0.25) is 0 Å². The lowest BCUT2D eigenvalue weighted by Crippen LogP contribution is -2.58. The van der Waals surface area contributed by atoms with Crippen molar-refractivity contribution in [2.45, 2.75) is 37.7 Å². The lowest BCUT2D eigenvalue weighted by Gasteiger charge is -2.44. The molecule has 3 heterocycles. The Balaban J connectivity index is 1.13. The Hall–Kier alpha value is -3.33. The van der Waals surface area contributed by atoms with Gasteiger partial charge in [0.25, 0.3) is 0 Å². The van der Waals surface area contributed by atoms with Gasteiger partial charge in [-0.15, -0.1) is 0 Å². The number of likely N-dealkylation sites (tertiary alicyclic amines) is 1. The van der Waals surface area contributed by atoms with Crippen LogP contribution in [0.25, 0.3) is 22.2 Å². The number of hydrogen-bond acceptors (Lipinski definition) is 4. The summed E-state index contributed by atoms with van der Waals surface area (Å²) in [4.78, 5) is 30.1. The summed E-state index contributed by atoms with van der Waals surface area (Å²) in [5.74, 6) is -2.38. The first-order chi connectivity index (χ1) is 17.9. The highest BCUT2D eigenvalue weighted by atomic mass is 19.1. The van der Waals surface area contributed by atoms with Crippen LogP contribution in [0.1, 0.15) is 37.2 Å². The van der Waals surface area contributed by atoms with Crippen molar-refractivity contribution in [3.63, 3.8) is 0 Å². The molecule has 9 heteroatoms. The number of aromatic amines is 1. The van der Waals surface area contributed by atoms with E-state index in [9.17, 15) is 22.8 Å². The Morgan fingerprint density at radius 3 is 2.35 bits per heavy atom. The van der Waals surface area contributed by atoms with Crippen LogP contribution in [0.3, 0.4) is 0 Å². The number of aromatic nitrogens is 1. The van der Waals surface area contributed by atoms with Crippen LogP contribution in [0.15, 0.2) is 36.4 Å².